The Morgan fingerprint density at radius 1 is 1.41 bits per heavy atom. The van der Waals surface area contributed by atoms with Crippen molar-refractivity contribution in [3.8, 4) is 11.4 Å². The molecule has 0 saturated heterocycles. The number of aromatic nitrogens is 3. The number of carboxylic acids is 1. The van der Waals surface area contributed by atoms with Crippen LogP contribution in [0.25, 0.3) is 11.4 Å². The predicted octanol–water partition coefficient (Wildman–Crippen LogP) is 1.59. The molecule has 0 amide bonds. The Morgan fingerprint density at radius 3 is 3.00 bits per heavy atom. The summed E-state index contributed by atoms with van der Waals surface area (Å²) in [5, 5.41) is 9.29. The molecule has 5 heteroatoms. The van der Waals surface area contributed by atoms with Crippen molar-refractivity contribution in [3.63, 3.8) is 0 Å². The van der Waals surface area contributed by atoms with Gasteiger partial charge in [-0.2, -0.15) is 0 Å². The molecular formula is C12H11N3O2. The number of nitrogens with zero attached hydrogens (tertiary/aromatic N) is 3. The SMILES string of the molecule is O=C(O)c1c(-c2ccccn2)nc2n1CCC2. The maximum Gasteiger partial charge on any atom is 0.354 e. The Balaban J connectivity index is 2.21. The van der Waals surface area contributed by atoms with Gasteiger partial charge < -0.3 is 9.67 Å². The lowest BCUT2D eigenvalue weighted by Gasteiger charge is -2.02. The number of imidazole rings is 1. The molecule has 0 aromatic carbocycles. The van der Waals surface area contributed by atoms with Crippen LogP contribution >= 0.6 is 0 Å². The number of fused-ring (bicyclic) bond motifs is 1. The van der Waals surface area contributed by atoms with Crippen molar-refractivity contribution in [2.24, 2.45) is 0 Å². The van der Waals surface area contributed by atoms with Gasteiger partial charge in [0.1, 0.15) is 11.5 Å². The summed E-state index contributed by atoms with van der Waals surface area (Å²) in [4.78, 5) is 19.9. The van der Waals surface area contributed by atoms with Crippen molar-refractivity contribution in [1.29, 1.82) is 0 Å². The van der Waals surface area contributed by atoms with Crippen molar-refractivity contribution in [2.45, 2.75) is 19.4 Å². The third kappa shape index (κ3) is 1.51. The number of carbonyl (C=O) groups is 1. The number of carboxylic acid groups (broad SMARTS) is 1. The fraction of sp³-hybridized carbons (Fsp3) is 0.250. The second-order valence-electron chi connectivity index (χ2n) is 4.00. The van der Waals surface area contributed by atoms with E-state index in [0.717, 1.165) is 25.2 Å². The molecule has 1 N–H and O–H groups in total. The molecule has 3 heterocycles. The van der Waals surface area contributed by atoms with Crippen LogP contribution in [0.1, 0.15) is 22.7 Å². The Kier molecular flexibility index (Phi) is 2.18. The van der Waals surface area contributed by atoms with Crippen LogP contribution in [-0.4, -0.2) is 25.6 Å². The lowest BCUT2D eigenvalue weighted by Crippen LogP contribution is -2.08. The van der Waals surface area contributed by atoms with Crippen molar-refractivity contribution in [1.82, 2.24) is 14.5 Å². The summed E-state index contributed by atoms with van der Waals surface area (Å²) in [6, 6.07) is 5.41. The van der Waals surface area contributed by atoms with Gasteiger partial charge in [0.15, 0.2) is 5.69 Å². The van der Waals surface area contributed by atoms with Gasteiger partial charge in [0, 0.05) is 19.2 Å². The second-order valence-corrected chi connectivity index (χ2v) is 4.00. The molecule has 0 spiro atoms. The van der Waals surface area contributed by atoms with Gasteiger partial charge in [0.05, 0.1) is 5.69 Å². The van der Waals surface area contributed by atoms with E-state index < -0.39 is 5.97 Å². The standard InChI is InChI=1S/C12H11N3O2/c16-12(17)11-10(8-4-1-2-6-13-8)14-9-5-3-7-15(9)11/h1-2,4,6H,3,5,7H2,(H,16,17). The molecule has 2 aromatic rings. The zero-order valence-corrected chi connectivity index (χ0v) is 9.13. The highest BCUT2D eigenvalue weighted by atomic mass is 16.4. The van der Waals surface area contributed by atoms with E-state index in [-0.39, 0.29) is 5.69 Å². The number of hydrogen-bond acceptors (Lipinski definition) is 3. The highest BCUT2D eigenvalue weighted by Gasteiger charge is 2.26. The van der Waals surface area contributed by atoms with Crippen LogP contribution in [0.5, 0.6) is 0 Å². The van der Waals surface area contributed by atoms with E-state index in [4.69, 9.17) is 0 Å². The van der Waals surface area contributed by atoms with Crippen molar-refractivity contribution in [2.75, 3.05) is 0 Å². The molecule has 0 aliphatic carbocycles. The maximum atomic E-state index is 11.3. The van der Waals surface area contributed by atoms with E-state index in [1.807, 2.05) is 6.07 Å². The van der Waals surface area contributed by atoms with Gasteiger partial charge in [-0.05, 0) is 18.6 Å². The normalized spacial score (nSPS) is 13.6. The van der Waals surface area contributed by atoms with Crippen LogP contribution in [0.2, 0.25) is 0 Å². The molecule has 5 nitrogen and oxygen atoms in total. The van der Waals surface area contributed by atoms with Crippen LogP contribution < -0.4 is 0 Å². The highest BCUT2D eigenvalue weighted by molar-refractivity contribution is 5.92. The first kappa shape index (κ1) is 10.0. The van der Waals surface area contributed by atoms with E-state index in [1.165, 1.54) is 0 Å². The van der Waals surface area contributed by atoms with E-state index in [2.05, 4.69) is 9.97 Å². The molecular weight excluding hydrogens is 218 g/mol. The molecule has 0 unspecified atom stereocenters. The molecule has 0 radical (unpaired) electrons. The van der Waals surface area contributed by atoms with E-state index in [1.54, 1.807) is 22.9 Å². The largest absolute Gasteiger partial charge is 0.477 e. The first-order chi connectivity index (χ1) is 8.27. The second kappa shape index (κ2) is 3.69. The number of aryl methyl sites for hydroxylation is 1. The van der Waals surface area contributed by atoms with Gasteiger partial charge in [-0.1, -0.05) is 6.07 Å². The molecule has 1 aliphatic heterocycles. The fourth-order valence-corrected chi connectivity index (χ4v) is 2.22. The number of pyridine rings is 1. The lowest BCUT2D eigenvalue weighted by atomic mass is 10.2. The molecule has 0 saturated carbocycles. The monoisotopic (exact) mass is 229 g/mol. The van der Waals surface area contributed by atoms with E-state index in [0.29, 0.717) is 11.4 Å². The molecule has 2 aromatic heterocycles. The fourth-order valence-electron chi connectivity index (χ4n) is 2.22. The predicted molar refractivity (Wildman–Crippen MR) is 60.7 cm³/mol. The third-order valence-corrected chi connectivity index (χ3v) is 2.94. The molecule has 17 heavy (non-hydrogen) atoms. The van der Waals surface area contributed by atoms with Crippen molar-refractivity contribution < 1.29 is 9.90 Å². The molecule has 3 rings (SSSR count). The van der Waals surface area contributed by atoms with Gasteiger partial charge in [-0.3, -0.25) is 4.98 Å². The van der Waals surface area contributed by atoms with Crippen molar-refractivity contribution >= 4 is 5.97 Å². The van der Waals surface area contributed by atoms with Gasteiger partial charge in [-0.15, -0.1) is 0 Å². The number of rotatable bonds is 2. The highest BCUT2D eigenvalue weighted by Crippen LogP contribution is 2.26. The summed E-state index contributed by atoms with van der Waals surface area (Å²) in [5.41, 5.74) is 1.36. The average molecular weight is 229 g/mol. The minimum Gasteiger partial charge on any atom is -0.477 e. The molecule has 0 fully saturated rings. The summed E-state index contributed by atoms with van der Waals surface area (Å²) in [5.74, 6) is -0.0886. The Hall–Kier alpha value is -2.17. The molecule has 1 aliphatic rings. The zero-order chi connectivity index (χ0) is 11.8. The Labute approximate surface area is 97.8 Å². The first-order valence-corrected chi connectivity index (χ1v) is 5.51. The third-order valence-electron chi connectivity index (χ3n) is 2.94. The quantitative estimate of drug-likeness (QED) is 0.849. The number of aromatic carboxylic acids is 1. The van der Waals surface area contributed by atoms with Crippen LogP contribution in [0.3, 0.4) is 0 Å². The topological polar surface area (TPSA) is 68.0 Å². The first-order valence-electron chi connectivity index (χ1n) is 5.51. The van der Waals surface area contributed by atoms with Crippen LogP contribution in [0, 0.1) is 0 Å². The minimum atomic E-state index is -0.939. The lowest BCUT2D eigenvalue weighted by molar-refractivity contribution is 0.0686. The maximum absolute atomic E-state index is 11.3. The van der Waals surface area contributed by atoms with Gasteiger partial charge >= 0.3 is 5.97 Å². The summed E-state index contributed by atoms with van der Waals surface area (Å²) in [7, 11) is 0. The summed E-state index contributed by atoms with van der Waals surface area (Å²) >= 11 is 0. The van der Waals surface area contributed by atoms with Gasteiger partial charge in [0.2, 0.25) is 0 Å². The minimum absolute atomic E-state index is 0.260. The molecule has 0 atom stereocenters. The molecule has 86 valence electrons. The van der Waals surface area contributed by atoms with Crippen LogP contribution in [0.4, 0.5) is 0 Å². The van der Waals surface area contributed by atoms with E-state index in [9.17, 15) is 9.90 Å². The Morgan fingerprint density at radius 2 is 2.29 bits per heavy atom. The summed E-state index contributed by atoms with van der Waals surface area (Å²) in [6.07, 6.45) is 3.45. The van der Waals surface area contributed by atoms with Crippen molar-refractivity contribution in [3.05, 3.63) is 35.9 Å². The zero-order valence-electron chi connectivity index (χ0n) is 9.13. The number of hydrogen-bond donors (Lipinski definition) is 1. The molecule has 0 bridgehead atoms. The van der Waals surface area contributed by atoms with Crippen LogP contribution in [0.15, 0.2) is 24.4 Å². The van der Waals surface area contributed by atoms with Gasteiger partial charge in [-0.25, -0.2) is 9.78 Å². The van der Waals surface area contributed by atoms with Crippen LogP contribution in [-0.2, 0) is 13.0 Å². The van der Waals surface area contributed by atoms with E-state index >= 15 is 0 Å². The Bertz CT molecular complexity index is 575. The summed E-state index contributed by atoms with van der Waals surface area (Å²) < 4.78 is 1.78. The summed E-state index contributed by atoms with van der Waals surface area (Å²) in [6.45, 7) is 0.733. The average Bonchev–Trinajstić information content (AvgIpc) is 2.88. The van der Waals surface area contributed by atoms with Gasteiger partial charge in [0.25, 0.3) is 0 Å². The smallest absolute Gasteiger partial charge is 0.354 e.